The predicted molar refractivity (Wildman–Crippen MR) is 74.6 cm³/mol. The van der Waals surface area contributed by atoms with Gasteiger partial charge in [-0.1, -0.05) is 12.1 Å². The first kappa shape index (κ1) is 13.7. The molecule has 0 saturated carbocycles. The molecular weight excluding hydrogens is 256 g/mol. The number of hydrazone groups is 1. The molecular formula is C14H14N4O2. The molecule has 2 rings (SSSR count). The minimum Gasteiger partial charge on any atom is -0.507 e. The van der Waals surface area contributed by atoms with Crippen LogP contribution >= 0.6 is 0 Å². The molecule has 102 valence electrons. The highest BCUT2D eigenvalue weighted by Gasteiger charge is 2.10. The van der Waals surface area contributed by atoms with Gasteiger partial charge in [-0.2, -0.15) is 5.10 Å². The minimum atomic E-state index is -0.482. The molecule has 0 atom stereocenters. The van der Waals surface area contributed by atoms with Crippen LogP contribution in [0, 0.1) is 6.92 Å². The first-order chi connectivity index (χ1) is 9.59. The highest BCUT2D eigenvalue weighted by atomic mass is 16.3. The number of phenols is 1. The van der Waals surface area contributed by atoms with Crippen molar-refractivity contribution >= 4 is 11.6 Å². The van der Waals surface area contributed by atoms with E-state index >= 15 is 0 Å². The van der Waals surface area contributed by atoms with Crippen LogP contribution in [0.2, 0.25) is 0 Å². The maximum atomic E-state index is 11.9. The number of aryl methyl sites for hydroxylation is 1. The SMILES string of the molecule is C/C(=N\NC(=O)c1ccccc1O)c1nccnc1C. The predicted octanol–water partition coefficient (Wildman–Crippen LogP) is 1.64. The third kappa shape index (κ3) is 2.97. The van der Waals surface area contributed by atoms with Gasteiger partial charge in [0.1, 0.15) is 11.4 Å². The molecule has 1 amide bonds. The lowest BCUT2D eigenvalue weighted by atomic mass is 10.2. The number of aromatic hydroxyl groups is 1. The normalized spacial score (nSPS) is 11.2. The van der Waals surface area contributed by atoms with Gasteiger partial charge in [0.15, 0.2) is 0 Å². The van der Waals surface area contributed by atoms with Gasteiger partial charge in [-0.05, 0) is 26.0 Å². The summed E-state index contributed by atoms with van der Waals surface area (Å²) in [6, 6.07) is 6.27. The van der Waals surface area contributed by atoms with E-state index in [0.29, 0.717) is 11.4 Å². The Morgan fingerprint density at radius 2 is 1.95 bits per heavy atom. The smallest absolute Gasteiger partial charge is 0.275 e. The molecule has 0 aliphatic heterocycles. The van der Waals surface area contributed by atoms with E-state index in [1.54, 1.807) is 31.5 Å². The van der Waals surface area contributed by atoms with E-state index in [2.05, 4.69) is 20.5 Å². The van der Waals surface area contributed by atoms with Crippen molar-refractivity contribution in [3.05, 3.63) is 53.6 Å². The van der Waals surface area contributed by atoms with Gasteiger partial charge >= 0.3 is 0 Å². The zero-order valence-electron chi connectivity index (χ0n) is 11.2. The molecule has 0 aliphatic rings. The number of amides is 1. The average Bonchev–Trinajstić information content (AvgIpc) is 2.45. The Morgan fingerprint density at radius 1 is 1.25 bits per heavy atom. The average molecular weight is 270 g/mol. The Kier molecular flexibility index (Phi) is 4.05. The molecule has 20 heavy (non-hydrogen) atoms. The largest absolute Gasteiger partial charge is 0.507 e. The van der Waals surface area contributed by atoms with Crippen LogP contribution in [-0.4, -0.2) is 26.7 Å². The topological polar surface area (TPSA) is 87.5 Å². The summed E-state index contributed by atoms with van der Waals surface area (Å²) in [5, 5.41) is 13.6. The second-order valence-corrected chi connectivity index (χ2v) is 4.15. The Hall–Kier alpha value is -2.76. The fraction of sp³-hybridized carbons (Fsp3) is 0.143. The zero-order chi connectivity index (χ0) is 14.5. The summed E-state index contributed by atoms with van der Waals surface area (Å²) in [7, 11) is 0. The van der Waals surface area contributed by atoms with Crippen molar-refractivity contribution in [1.82, 2.24) is 15.4 Å². The molecule has 6 nitrogen and oxygen atoms in total. The highest BCUT2D eigenvalue weighted by Crippen LogP contribution is 2.15. The van der Waals surface area contributed by atoms with Crippen LogP contribution in [0.25, 0.3) is 0 Å². The number of nitrogens with one attached hydrogen (secondary N) is 1. The summed E-state index contributed by atoms with van der Waals surface area (Å²) in [4.78, 5) is 20.1. The molecule has 1 heterocycles. The highest BCUT2D eigenvalue weighted by molar-refractivity contribution is 6.01. The molecule has 0 fully saturated rings. The van der Waals surface area contributed by atoms with Crippen LogP contribution in [-0.2, 0) is 0 Å². The third-order valence-electron chi connectivity index (χ3n) is 2.70. The van der Waals surface area contributed by atoms with Crippen LogP contribution in [0.3, 0.4) is 0 Å². The third-order valence-corrected chi connectivity index (χ3v) is 2.70. The number of carbonyl (C=O) groups excluding carboxylic acids is 1. The number of nitrogens with zero attached hydrogens (tertiary/aromatic N) is 3. The van der Waals surface area contributed by atoms with Crippen molar-refractivity contribution < 1.29 is 9.90 Å². The Labute approximate surface area is 116 Å². The number of rotatable bonds is 3. The van der Waals surface area contributed by atoms with Crippen molar-refractivity contribution in [2.45, 2.75) is 13.8 Å². The fourth-order valence-electron chi connectivity index (χ4n) is 1.68. The lowest BCUT2D eigenvalue weighted by molar-refractivity contribution is 0.0952. The van der Waals surface area contributed by atoms with E-state index < -0.39 is 5.91 Å². The van der Waals surface area contributed by atoms with Crippen molar-refractivity contribution in [1.29, 1.82) is 0 Å². The van der Waals surface area contributed by atoms with Gasteiger partial charge in [-0.25, -0.2) is 5.43 Å². The Balaban J connectivity index is 2.16. The van der Waals surface area contributed by atoms with Gasteiger partial charge in [-0.3, -0.25) is 14.8 Å². The maximum Gasteiger partial charge on any atom is 0.275 e. The van der Waals surface area contributed by atoms with E-state index in [0.717, 1.165) is 5.69 Å². The minimum absolute atomic E-state index is 0.0893. The molecule has 2 aromatic rings. The molecule has 6 heteroatoms. The second kappa shape index (κ2) is 5.92. The van der Waals surface area contributed by atoms with Crippen LogP contribution in [0.15, 0.2) is 41.8 Å². The lowest BCUT2D eigenvalue weighted by Crippen LogP contribution is -2.20. The van der Waals surface area contributed by atoms with E-state index in [-0.39, 0.29) is 11.3 Å². The van der Waals surface area contributed by atoms with E-state index in [9.17, 15) is 9.90 Å². The standard InChI is InChI=1S/C14H14N4O2/c1-9-13(16-8-7-15-9)10(2)17-18-14(20)11-5-3-4-6-12(11)19/h3-8,19H,1-2H3,(H,18,20)/b17-10+. The van der Waals surface area contributed by atoms with Crippen molar-refractivity contribution in [3.8, 4) is 5.75 Å². The molecule has 0 aliphatic carbocycles. The molecule has 0 radical (unpaired) electrons. The fourth-order valence-corrected chi connectivity index (χ4v) is 1.68. The first-order valence-corrected chi connectivity index (χ1v) is 6.00. The summed E-state index contributed by atoms with van der Waals surface area (Å²) in [5.74, 6) is -0.572. The zero-order valence-corrected chi connectivity index (χ0v) is 11.2. The number of aromatic nitrogens is 2. The lowest BCUT2D eigenvalue weighted by Gasteiger charge is -2.05. The van der Waals surface area contributed by atoms with Gasteiger partial charge in [-0.15, -0.1) is 0 Å². The quantitative estimate of drug-likeness (QED) is 0.655. The number of para-hydroxylation sites is 1. The summed E-state index contributed by atoms with van der Waals surface area (Å²) < 4.78 is 0. The summed E-state index contributed by atoms with van der Waals surface area (Å²) in [6.45, 7) is 3.54. The number of carbonyl (C=O) groups is 1. The Morgan fingerprint density at radius 3 is 2.65 bits per heavy atom. The molecule has 0 spiro atoms. The Bertz CT molecular complexity index is 668. The summed E-state index contributed by atoms with van der Waals surface area (Å²) in [6.07, 6.45) is 3.15. The molecule has 1 aromatic heterocycles. The molecule has 1 aromatic carbocycles. The summed E-state index contributed by atoms with van der Waals surface area (Å²) in [5.41, 5.74) is 4.44. The van der Waals surface area contributed by atoms with Crippen molar-refractivity contribution in [2.75, 3.05) is 0 Å². The van der Waals surface area contributed by atoms with E-state index in [1.807, 2.05) is 6.92 Å². The summed E-state index contributed by atoms with van der Waals surface area (Å²) >= 11 is 0. The van der Waals surface area contributed by atoms with E-state index in [4.69, 9.17) is 0 Å². The van der Waals surface area contributed by atoms with Gasteiger partial charge in [0.25, 0.3) is 5.91 Å². The van der Waals surface area contributed by atoms with Crippen LogP contribution in [0.1, 0.15) is 28.7 Å². The molecule has 0 saturated heterocycles. The first-order valence-electron chi connectivity index (χ1n) is 6.00. The van der Waals surface area contributed by atoms with Gasteiger partial charge in [0.2, 0.25) is 0 Å². The number of hydrogen-bond donors (Lipinski definition) is 2. The van der Waals surface area contributed by atoms with Gasteiger partial charge in [0.05, 0.1) is 17.0 Å². The molecule has 0 bridgehead atoms. The van der Waals surface area contributed by atoms with Crippen LogP contribution in [0.5, 0.6) is 5.75 Å². The van der Waals surface area contributed by atoms with Crippen molar-refractivity contribution in [3.63, 3.8) is 0 Å². The molecule has 2 N–H and O–H groups in total. The van der Waals surface area contributed by atoms with Crippen LogP contribution in [0.4, 0.5) is 0 Å². The second-order valence-electron chi connectivity index (χ2n) is 4.15. The number of benzene rings is 1. The van der Waals surface area contributed by atoms with E-state index in [1.165, 1.54) is 12.1 Å². The maximum absolute atomic E-state index is 11.9. The number of hydrogen-bond acceptors (Lipinski definition) is 5. The van der Waals surface area contributed by atoms with Gasteiger partial charge in [0, 0.05) is 12.4 Å². The molecule has 0 unspecified atom stereocenters. The van der Waals surface area contributed by atoms with Crippen LogP contribution < -0.4 is 5.43 Å². The monoisotopic (exact) mass is 270 g/mol. The number of phenolic OH excluding ortho intramolecular Hbond substituents is 1. The van der Waals surface area contributed by atoms with Gasteiger partial charge < -0.3 is 5.11 Å². The van der Waals surface area contributed by atoms with Crippen molar-refractivity contribution in [2.24, 2.45) is 5.10 Å².